The molecule has 0 aromatic rings. The van der Waals surface area contributed by atoms with E-state index in [-0.39, 0.29) is 11.6 Å². The van der Waals surface area contributed by atoms with Crippen molar-refractivity contribution in [2.75, 3.05) is 6.61 Å². The Kier molecular flexibility index (Phi) is 4.16. The molecule has 1 fully saturated rings. The molecule has 1 atom stereocenters. The summed E-state index contributed by atoms with van der Waals surface area (Å²) in [4.78, 5) is 0. The molecule has 0 aliphatic heterocycles. The third kappa shape index (κ3) is 2.42. The summed E-state index contributed by atoms with van der Waals surface area (Å²) >= 11 is 0. The smallest absolute Gasteiger partial charge is 0.0845 e. The summed E-state index contributed by atoms with van der Waals surface area (Å²) in [6, 6.07) is 0.257. The highest BCUT2D eigenvalue weighted by molar-refractivity contribution is 4.92. The first-order valence-electron chi connectivity index (χ1n) is 5.35. The van der Waals surface area contributed by atoms with Gasteiger partial charge in [0.05, 0.1) is 5.60 Å². The van der Waals surface area contributed by atoms with E-state index in [9.17, 15) is 0 Å². The minimum absolute atomic E-state index is 0.00174. The van der Waals surface area contributed by atoms with Crippen LogP contribution >= 0.6 is 0 Å². The van der Waals surface area contributed by atoms with Gasteiger partial charge in [0.1, 0.15) is 0 Å². The van der Waals surface area contributed by atoms with Crippen molar-refractivity contribution in [2.45, 2.75) is 57.6 Å². The molecule has 0 spiro atoms. The summed E-state index contributed by atoms with van der Waals surface area (Å²) in [5.41, 5.74) is 2.84. The molecule has 0 aromatic carbocycles. The fourth-order valence-electron chi connectivity index (χ4n) is 2.29. The zero-order valence-corrected chi connectivity index (χ0v) is 8.81. The van der Waals surface area contributed by atoms with Crippen LogP contribution in [0.2, 0.25) is 0 Å². The largest absolute Gasteiger partial charge is 0.374 e. The molecule has 1 saturated carbocycles. The molecular weight excluding hydrogens is 164 g/mol. The van der Waals surface area contributed by atoms with E-state index in [2.05, 4.69) is 19.3 Å². The monoisotopic (exact) mass is 186 g/mol. The molecule has 1 aliphatic rings. The minimum Gasteiger partial charge on any atom is -0.374 e. The first-order valence-corrected chi connectivity index (χ1v) is 5.35. The lowest BCUT2D eigenvalue weighted by molar-refractivity contribution is -0.0859. The SMILES string of the molecule is CCOC1(C(C)NN)CCCCC1. The van der Waals surface area contributed by atoms with Gasteiger partial charge in [0.15, 0.2) is 0 Å². The van der Waals surface area contributed by atoms with Crippen molar-refractivity contribution in [1.29, 1.82) is 0 Å². The van der Waals surface area contributed by atoms with Crippen LogP contribution in [0.5, 0.6) is 0 Å². The average Bonchev–Trinajstić information content (AvgIpc) is 2.18. The summed E-state index contributed by atoms with van der Waals surface area (Å²) in [6.07, 6.45) is 6.17. The van der Waals surface area contributed by atoms with Gasteiger partial charge in [0, 0.05) is 12.6 Å². The Morgan fingerprint density at radius 2 is 2.00 bits per heavy atom. The molecule has 0 bridgehead atoms. The van der Waals surface area contributed by atoms with Crippen LogP contribution in [0.25, 0.3) is 0 Å². The second-order valence-electron chi connectivity index (χ2n) is 3.95. The van der Waals surface area contributed by atoms with E-state index in [1.54, 1.807) is 0 Å². The van der Waals surface area contributed by atoms with E-state index < -0.39 is 0 Å². The van der Waals surface area contributed by atoms with Crippen LogP contribution < -0.4 is 11.3 Å². The molecule has 3 N–H and O–H groups in total. The van der Waals surface area contributed by atoms with Gasteiger partial charge in [-0.15, -0.1) is 0 Å². The van der Waals surface area contributed by atoms with Crippen molar-refractivity contribution in [3.8, 4) is 0 Å². The number of ether oxygens (including phenoxy) is 1. The molecule has 0 amide bonds. The second kappa shape index (κ2) is 4.94. The van der Waals surface area contributed by atoms with Crippen LogP contribution in [0, 0.1) is 0 Å². The van der Waals surface area contributed by atoms with Crippen LogP contribution in [0.1, 0.15) is 46.0 Å². The molecule has 0 heterocycles. The Hall–Kier alpha value is -0.120. The van der Waals surface area contributed by atoms with Gasteiger partial charge in [-0.3, -0.25) is 11.3 Å². The van der Waals surface area contributed by atoms with Crippen molar-refractivity contribution in [2.24, 2.45) is 5.84 Å². The molecule has 1 rings (SSSR count). The number of hydrazine groups is 1. The van der Waals surface area contributed by atoms with Crippen LogP contribution in [0.4, 0.5) is 0 Å². The third-order valence-corrected chi connectivity index (χ3v) is 3.17. The zero-order chi connectivity index (χ0) is 9.73. The first-order chi connectivity index (χ1) is 6.25. The number of rotatable bonds is 4. The lowest BCUT2D eigenvalue weighted by Crippen LogP contribution is -2.54. The molecule has 3 heteroatoms. The fraction of sp³-hybridized carbons (Fsp3) is 1.00. The van der Waals surface area contributed by atoms with Gasteiger partial charge in [-0.05, 0) is 26.7 Å². The molecule has 1 unspecified atom stereocenters. The first kappa shape index (κ1) is 11.0. The van der Waals surface area contributed by atoms with Crippen LogP contribution in [-0.2, 0) is 4.74 Å². The summed E-state index contributed by atoms with van der Waals surface area (Å²) in [6.45, 7) is 4.95. The van der Waals surface area contributed by atoms with E-state index in [1.165, 1.54) is 19.3 Å². The maximum atomic E-state index is 5.88. The molecule has 78 valence electrons. The molecule has 0 saturated heterocycles. The number of nitrogens with two attached hydrogens (primary N) is 1. The molecule has 13 heavy (non-hydrogen) atoms. The van der Waals surface area contributed by atoms with Gasteiger partial charge in [-0.2, -0.15) is 0 Å². The number of hydrogen-bond acceptors (Lipinski definition) is 3. The van der Waals surface area contributed by atoms with Crippen LogP contribution in [0.15, 0.2) is 0 Å². The topological polar surface area (TPSA) is 47.3 Å². The van der Waals surface area contributed by atoms with E-state index in [0.29, 0.717) is 0 Å². The highest BCUT2D eigenvalue weighted by Gasteiger charge is 2.37. The quantitative estimate of drug-likeness (QED) is 0.517. The van der Waals surface area contributed by atoms with Crippen molar-refractivity contribution in [3.05, 3.63) is 0 Å². The lowest BCUT2D eigenvalue weighted by atomic mass is 9.80. The van der Waals surface area contributed by atoms with Crippen molar-refractivity contribution >= 4 is 0 Å². The van der Waals surface area contributed by atoms with E-state index in [1.807, 2.05) is 0 Å². The van der Waals surface area contributed by atoms with Gasteiger partial charge in [0.25, 0.3) is 0 Å². The zero-order valence-electron chi connectivity index (χ0n) is 8.81. The highest BCUT2D eigenvalue weighted by Crippen LogP contribution is 2.34. The predicted molar refractivity (Wildman–Crippen MR) is 54.2 cm³/mol. The van der Waals surface area contributed by atoms with Crippen molar-refractivity contribution in [3.63, 3.8) is 0 Å². The summed E-state index contributed by atoms with van der Waals surface area (Å²) < 4.78 is 5.88. The summed E-state index contributed by atoms with van der Waals surface area (Å²) in [5.74, 6) is 5.49. The summed E-state index contributed by atoms with van der Waals surface area (Å²) in [7, 11) is 0. The molecule has 3 nitrogen and oxygen atoms in total. The summed E-state index contributed by atoms with van der Waals surface area (Å²) in [5, 5.41) is 0. The number of hydrogen-bond donors (Lipinski definition) is 2. The third-order valence-electron chi connectivity index (χ3n) is 3.17. The predicted octanol–water partition coefficient (Wildman–Crippen LogP) is 1.58. The Balaban J connectivity index is 2.60. The standard InChI is InChI=1S/C10H22N2O/c1-3-13-10(9(2)12-11)7-5-4-6-8-10/h9,12H,3-8,11H2,1-2H3. The minimum atomic E-state index is 0.00174. The van der Waals surface area contributed by atoms with E-state index in [0.717, 1.165) is 19.4 Å². The Bertz CT molecular complexity index is 138. The van der Waals surface area contributed by atoms with Gasteiger partial charge < -0.3 is 4.74 Å². The van der Waals surface area contributed by atoms with Crippen LogP contribution in [-0.4, -0.2) is 18.2 Å². The molecule has 0 aromatic heterocycles. The van der Waals surface area contributed by atoms with E-state index >= 15 is 0 Å². The maximum absolute atomic E-state index is 5.88. The van der Waals surface area contributed by atoms with Gasteiger partial charge in [-0.25, -0.2) is 0 Å². The Morgan fingerprint density at radius 3 is 2.46 bits per heavy atom. The highest BCUT2D eigenvalue weighted by atomic mass is 16.5. The van der Waals surface area contributed by atoms with Crippen molar-refractivity contribution < 1.29 is 4.74 Å². The van der Waals surface area contributed by atoms with Crippen molar-refractivity contribution in [1.82, 2.24) is 5.43 Å². The lowest BCUT2D eigenvalue weighted by Gasteiger charge is -2.41. The van der Waals surface area contributed by atoms with E-state index in [4.69, 9.17) is 10.6 Å². The van der Waals surface area contributed by atoms with Gasteiger partial charge >= 0.3 is 0 Å². The fourth-order valence-corrected chi connectivity index (χ4v) is 2.29. The molecular formula is C10H22N2O. The normalized spacial score (nSPS) is 24.2. The Morgan fingerprint density at radius 1 is 1.38 bits per heavy atom. The van der Waals surface area contributed by atoms with Gasteiger partial charge in [-0.1, -0.05) is 19.3 Å². The van der Waals surface area contributed by atoms with Gasteiger partial charge in [0.2, 0.25) is 0 Å². The van der Waals surface area contributed by atoms with Crippen LogP contribution in [0.3, 0.4) is 0 Å². The molecule has 0 radical (unpaired) electrons. The average molecular weight is 186 g/mol. The second-order valence-corrected chi connectivity index (χ2v) is 3.95. The number of nitrogens with one attached hydrogen (secondary N) is 1. The molecule has 1 aliphatic carbocycles. The Labute approximate surface area is 81.0 Å². The maximum Gasteiger partial charge on any atom is 0.0845 e.